The molecule has 9 heteroatoms. The molecular formula is C20H30BrN5O3. The number of amides is 3. The molecule has 8 nitrogen and oxygen atoms in total. The summed E-state index contributed by atoms with van der Waals surface area (Å²) in [5.41, 5.74) is 12.2. The van der Waals surface area contributed by atoms with Crippen molar-refractivity contribution in [1.82, 2.24) is 15.1 Å². The van der Waals surface area contributed by atoms with Crippen LogP contribution in [0.5, 0.6) is 5.75 Å². The number of rotatable bonds is 5. The predicted octanol–water partition coefficient (Wildman–Crippen LogP) is 2.02. The fraction of sp³-hybridized carbons (Fsp3) is 0.600. The summed E-state index contributed by atoms with van der Waals surface area (Å²) in [5, 5.41) is 3.13. The van der Waals surface area contributed by atoms with Crippen molar-refractivity contribution < 1.29 is 14.3 Å². The van der Waals surface area contributed by atoms with Crippen molar-refractivity contribution >= 4 is 33.6 Å². The van der Waals surface area contributed by atoms with Gasteiger partial charge in [0.1, 0.15) is 5.75 Å². The molecule has 160 valence electrons. The first kappa shape index (κ1) is 21.7. The molecule has 3 amide bonds. The maximum absolute atomic E-state index is 12.7. The average Bonchev–Trinajstić information content (AvgIpc) is 2.71. The molecule has 0 spiro atoms. The Bertz CT molecular complexity index is 744. The molecule has 2 fully saturated rings. The Morgan fingerprint density at radius 1 is 1.17 bits per heavy atom. The van der Waals surface area contributed by atoms with Crippen LogP contribution in [0.3, 0.4) is 0 Å². The quantitative estimate of drug-likeness (QED) is 0.573. The number of ether oxygens (including phenoxy) is 1. The minimum Gasteiger partial charge on any atom is -0.496 e. The Hall–Kier alpha value is -2.00. The standard InChI is InChI=1S/C20H30BrN5O3/c1-29-18-11-17(22)16(21)10-15(18)19(27)24-14-4-6-25(7-5-14)12-13-2-8-26(9-3-13)20(23)28/h10-11,13-14H,2-9,12,22H2,1H3,(H2,23,28)(H,24,27). The minimum absolute atomic E-state index is 0.139. The van der Waals surface area contributed by atoms with Crippen LogP contribution in [0.1, 0.15) is 36.0 Å². The van der Waals surface area contributed by atoms with E-state index in [9.17, 15) is 9.59 Å². The molecule has 3 rings (SSSR count). The monoisotopic (exact) mass is 467 g/mol. The molecule has 0 radical (unpaired) electrons. The largest absolute Gasteiger partial charge is 0.496 e. The summed E-state index contributed by atoms with van der Waals surface area (Å²) in [5.74, 6) is 0.941. The Labute approximate surface area is 180 Å². The first-order valence-electron chi connectivity index (χ1n) is 10.1. The zero-order valence-corrected chi connectivity index (χ0v) is 18.4. The topological polar surface area (TPSA) is 114 Å². The number of benzene rings is 1. The van der Waals surface area contributed by atoms with Crippen molar-refractivity contribution in [3.8, 4) is 5.75 Å². The lowest BCUT2D eigenvalue weighted by Gasteiger charge is -2.37. The Morgan fingerprint density at radius 3 is 2.41 bits per heavy atom. The van der Waals surface area contributed by atoms with Gasteiger partial charge in [-0.1, -0.05) is 0 Å². The Balaban J connectivity index is 1.46. The van der Waals surface area contributed by atoms with E-state index in [0.717, 1.165) is 58.4 Å². The third-order valence-electron chi connectivity index (χ3n) is 5.93. The van der Waals surface area contributed by atoms with Gasteiger partial charge in [0.2, 0.25) is 0 Å². The van der Waals surface area contributed by atoms with E-state index in [0.29, 0.717) is 27.4 Å². The number of urea groups is 1. The predicted molar refractivity (Wildman–Crippen MR) is 116 cm³/mol. The molecule has 0 saturated carbocycles. The smallest absolute Gasteiger partial charge is 0.314 e. The molecule has 2 aliphatic heterocycles. The van der Waals surface area contributed by atoms with Crippen LogP contribution in [0.15, 0.2) is 16.6 Å². The highest BCUT2D eigenvalue weighted by Crippen LogP contribution is 2.29. The minimum atomic E-state index is -0.315. The van der Waals surface area contributed by atoms with E-state index < -0.39 is 0 Å². The molecule has 2 aliphatic rings. The number of nitrogens with zero attached hydrogens (tertiary/aromatic N) is 2. The van der Waals surface area contributed by atoms with Gasteiger partial charge in [-0.15, -0.1) is 0 Å². The van der Waals surface area contributed by atoms with Gasteiger partial charge in [-0.3, -0.25) is 4.79 Å². The van der Waals surface area contributed by atoms with Crippen molar-refractivity contribution in [1.29, 1.82) is 0 Å². The lowest BCUT2D eigenvalue weighted by molar-refractivity contribution is 0.0892. The molecule has 1 aromatic carbocycles. The molecule has 0 atom stereocenters. The number of carbonyl (C=O) groups is 2. The number of likely N-dealkylation sites (tertiary alicyclic amines) is 2. The number of nitrogens with one attached hydrogen (secondary N) is 1. The SMILES string of the molecule is COc1cc(N)c(Br)cc1C(=O)NC1CCN(CC2CCN(C(N)=O)CC2)CC1. The maximum Gasteiger partial charge on any atom is 0.314 e. The van der Waals surface area contributed by atoms with Gasteiger partial charge in [0.15, 0.2) is 0 Å². The van der Waals surface area contributed by atoms with E-state index in [1.807, 2.05) is 0 Å². The maximum atomic E-state index is 12.7. The zero-order valence-electron chi connectivity index (χ0n) is 16.8. The molecular weight excluding hydrogens is 438 g/mol. The normalized spacial score (nSPS) is 19.2. The number of hydrogen-bond donors (Lipinski definition) is 3. The van der Waals surface area contributed by atoms with Crippen molar-refractivity contribution in [3.05, 3.63) is 22.2 Å². The fourth-order valence-corrected chi connectivity index (χ4v) is 4.48. The number of methoxy groups -OCH3 is 1. The van der Waals surface area contributed by atoms with Crippen molar-refractivity contribution in [2.45, 2.75) is 31.7 Å². The van der Waals surface area contributed by atoms with Crippen LogP contribution < -0.4 is 21.5 Å². The molecule has 0 aliphatic carbocycles. The van der Waals surface area contributed by atoms with Crippen LogP contribution >= 0.6 is 15.9 Å². The van der Waals surface area contributed by atoms with Gasteiger partial charge in [-0.05, 0) is 53.6 Å². The van der Waals surface area contributed by atoms with Gasteiger partial charge < -0.3 is 31.3 Å². The summed E-state index contributed by atoms with van der Waals surface area (Å²) < 4.78 is 5.99. The van der Waals surface area contributed by atoms with Crippen LogP contribution in [-0.4, -0.2) is 67.6 Å². The van der Waals surface area contributed by atoms with Crippen molar-refractivity contribution in [2.24, 2.45) is 11.7 Å². The van der Waals surface area contributed by atoms with Crippen molar-refractivity contribution in [3.63, 3.8) is 0 Å². The van der Waals surface area contributed by atoms with Crippen molar-refractivity contribution in [2.75, 3.05) is 45.6 Å². The lowest BCUT2D eigenvalue weighted by atomic mass is 9.95. The third kappa shape index (κ3) is 5.54. The van der Waals surface area contributed by atoms with E-state index in [4.69, 9.17) is 16.2 Å². The lowest BCUT2D eigenvalue weighted by Crippen LogP contribution is -2.47. The summed E-state index contributed by atoms with van der Waals surface area (Å²) in [6.07, 6.45) is 3.85. The molecule has 5 N–H and O–H groups in total. The van der Waals surface area contributed by atoms with Crippen LogP contribution in [0.4, 0.5) is 10.5 Å². The highest BCUT2D eigenvalue weighted by Gasteiger charge is 2.27. The van der Waals surface area contributed by atoms with Gasteiger partial charge in [0.05, 0.1) is 12.7 Å². The highest BCUT2D eigenvalue weighted by atomic mass is 79.9. The molecule has 2 saturated heterocycles. The van der Waals surface area contributed by atoms with Gasteiger partial charge in [0.25, 0.3) is 5.91 Å². The number of piperidine rings is 2. The Kier molecular flexibility index (Phi) is 7.23. The van der Waals surface area contributed by atoms with Gasteiger partial charge >= 0.3 is 6.03 Å². The second-order valence-electron chi connectivity index (χ2n) is 7.89. The average molecular weight is 468 g/mol. The number of nitrogen functional groups attached to an aromatic ring is 1. The molecule has 1 aromatic rings. The summed E-state index contributed by atoms with van der Waals surface area (Å²) in [4.78, 5) is 28.2. The second-order valence-corrected chi connectivity index (χ2v) is 8.75. The fourth-order valence-electron chi connectivity index (χ4n) is 4.14. The van der Waals surface area contributed by atoms with Gasteiger partial charge in [-0.25, -0.2) is 4.79 Å². The number of anilines is 1. The number of nitrogens with two attached hydrogens (primary N) is 2. The second kappa shape index (κ2) is 9.67. The molecule has 0 bridgehead atoms. The van der Waals surface area contributed by atoms with E-state index in [2.05, 4.69) is 26.1 Å². The number of primary amides is 1. The number of carbonyl (C=O) groups excluding carboxylic acids is 2. The summed E-state index contributed by atoms with van der Waals surface area (Å²) >= 11 is 3.37. The van der Waals surface area contributed by atoms with E-state index in [-0.39, 0.29) is 18.0 Å². The summed E-state index contributed by atoms with van der Waals surface area (Å²) in [6.45, 7) is 4.48. The first-order valence-corrected chi connectivity index (χ1v) is 10.9. The number of halogens is 1. The third-order valence-corrected chi connectivity index (χ3v) is 6.62. The summed E-state index contributed by atoms with van der Waals surface area (Å²) in [7, 11) is 1.53. The molecule has 2 heterocycles. The van der Waals surface area contributed by atoms with Crippen LogP contribution in [0, 0.1) is 5.92 Å². The molecule has 29 heavy (non-hydrogen) atoms. The van der Waals surface area contributed by atoms with E-state index in [1.54, 1.807) is 17.0 Å². The van der Waals surface area contributed by atoms with Crippen LogP contribution in [0.2, 0.25) is 0 Å². The van der Waals surface area contributed by atoms with E-state index >= 15 is 0 Å². The first-order chi connectivity index (χ1) is 13.9. The van der Waals surface area contributed by atoms with Crippen LogP contribution in [-0.2, 0) is 0 Å². The van der Waals surface area contributed by atoms with E-state index in [1.165, 1.54) is 7.11 Å². The van der Waals surface area contributed by atoms with Gasteiger partial charge in [-0.2, -0.15) is 0 Å². The molecule has 0 unspecified atom stereocenters. The Morgan fingerprint density at radius 2 is 1.83 bits per heavy atom. The summed E-state index contributed by atoms with van der Waals surface area (Å²) in [6, 6.07) is 3.20. The zero-order chi connectivity index (χ0) is 21.0. The molecule has 0 aromatic heterocycles. The highest BCUT2D eigenvalue weighted by molar-refractivity contribution is 9.10. The number of hydrogen-bond acceptors (Lipinski definition) is 5. The van der Waals surface area contributed by atoms with Gasteiger partial charge in [0, 0.05) is 55.0 Å². The van der Waals surface area contributed by atoms with Crippen LogP contribution in [0.25, 0.3) is 0 Å².